The smallest absolute Gasteiger partial charge is 0.321 e. The number of nitrogens with one attached hydrogen (secondary N) is 1. The number of ether oxygens (including phenoxy) is 1. The lowest BCUT2D eigenvalue weighted by Crippen LogP contribution is -2.34. The number of halogens is 2. The van der Waals surface area contributed by atoms with E-state index in [1.54, 1.807) is 0 Å². The number of esters is 1. The van der Waals surface area contributed by atoms with Gasteiger partial charge < -0.3 is 10.1 Å². The van der Waals surface area contributed by atoms with Gasteiger partial charge in [-0.05, 0) is 30.3 Å². The molecule has 1 N–H and O–H groups in total. The monoisotopic (exact) mass is 475 g/mol. The molecule has 160 valence electrons. The van der Waals surface area contributed by atoms with Crippen LogP contribution in [0.4, 0.5) is 11.4 Å². The number of likely N-dealkylation sites (N-methyl/N-ethyl adjacent to an activating group) is 1. The van der Waals surface area contributed by atoms with Crippen LogP contribution < -0.4 is 5.32 Å². The molecule has 0 bridgehead atoms. The summed E-state index contributed by atoms with van der Waals surface area (Å²) in [7, 11) is -2.79. The molecule has 0 atom stereocenters. The predicted molar refractivity (Wildman–Crippen MR) is 109 cm³/mol. The third kappa shape index (κ3) is 6.13. The molecule has 0 saturated heterocycles. The molecule has 30 heavy (non-hydrogen) atoms. The molecule has 0 aliphatic heterocycles. The van der Waals surface area contributed by atoms with Crippen LogP contribution >= 0.6 is 23.2 Å². The zero-order valence-electron chi connectivity index (χ0n) is 15.4. The summed E-state index contributed by atoms with van der Waals surface area (Å²) in [5.74, 6) is -1.79. The molecular weight excluding hydrogens is 461 g/mol. The number of carbonyl (C=O) groups is 2. The van der Waals surface area contributed by atoms with Crippen molar-refractivity contribution in [2.45, 2.75) is 4.90 Å². The summed E-state index contributed by atoms with van der Waals surface area (Å²) in [4.78, 5) is 33.9. The number of nitrogens with zero attached hydrogens (tertiary/aromatic N) is 2. The normalized spacial score (nSPS) is 11.2. The topological polar surface area (TPSA) is 136 Å². The SMILES string of the molecule is CN(CC(=O)OCC(=O)Nc1cc([N+](=O)[O-])ccc1Cl)S(=O)(=O)c1ccc(Cl)cc1. The molecule has 0 heterocycles. The van der Waals surface area contributed by atoms with E-state index < -0.39 is 40.0 Å². The maximum atomic E-state index is 12.4. The van der Waals surface area contributed by atoms with Crippen LogP contribution in [-0.2, 0) is 24.3 Å². The quantitative estimate of drug-likeness (QED) is 0.352. The Morgan fingerprint density at radius 2 is 1.80 bits per heavy atom. The first-order chi connectivity index (χ1) is 14.0. The Balaban J connectivity index is 1.92. The number of nitro benzene ring substituents is 1. The lowest BCUT2D eigenvalue weighted by molar-refractivity contribution is -0.384. The second kappa shape index (κ2) is 9.85. The van der Waals surface area contributed by atoms with Gasteiger partial charge in [-0.25, -0.2) is 8.42 Å². The highest BCUT2D eigenvalue weighted by atomic mass is 35.5. The van der Waals surface area contributed by atoms with E-state index in [0.717, 1.165) is 16.4 Å². The van der Waals surface area contributed by atoms with Gasteiger partial charge in [-0.3, -0.25) is 19.7 Å². The zero-order chi connectivity index (χ0) is 22.5. The molecule has 10 nitrogen and oxygen atoms in total. The molecular formula is C17H15Cl2N3O7S. The van der Waals surface area contributed by atoms with Gasteiger partial charge in [0.1, 0.15) is 6.54 Å². The second-order valence-electron chi connectivity index (χ2n) is 5.85. The second-order valence-corrected chi connectivity index (χ2v) is 8.73. The summed E-state index contributed by atoms with van der Waals surface area (Å²) >= 11 is 11.6. The molecule has 2 aromatic rings. The number of anilines is 1. The minimum atomic E-state index is -3.96. The highest BCUT2D eigenvalue weighted by molar-refractivity contribution is 7.89. The van der Waals surface area contributed by atoms with Crippen LogP contribution in [0.3, 0.4) is 0 Å². The first kappa shape index (κ1) is 23.5. The van der Waals surface area contributed by atoms with Crippen molar-refractivity contribution in [1.29, 1.82) is 0 Å². The van der Waals surface area contributed by atoms with E-state index in [4.69, 9.17) is 27.9 Å². The molecule has 0 unspecified atom stereocenters. The lowest BCUT2D eigenvalue weighted by atomic mass is 10.3. The van der Waals surface area contributed by atoms with Gasteiger partial charge in [0.15, 0.2) is 6.61 Å². The molecule has 0 fully saturated rings. The Hall–Kier alpha value is -2.73. The number of carbonyl (C=O) groups excluding carboxylic acids is 2. The molecule has 2 rings (SSSR count). The Labute approximate surface area is 181 Å². The van der Waals surface area contributed by atoms with Crippen molar-refractivity contribution >= 4 is 56.5 Å². The molecule has 2 aromatic carbocycles. The van der Waals surface area contributed by atoms with Gasteiger partial charge in [-0.2, -0.15) is 4.31 Å². The summed E-state index contributed by atoms with van der Waals surface area (Å²) < 4.78 is 30.3. The molecule has 0 spiro atoms. The maximum Gasteiger partial charge on any atom is 0.321 e. The van der Waals surface area contributed by atoms with Crippen molar-refractivity contribution in [3.63, 3.8) is 0 Å². The van der Waals surface area contributed by atoms with E-state index in [-0.39, 0.29) is 21.3 Å². The van der Waals surface area contributed by atoms with Crippen LogP contribution in [0.5, 0.6) is 0 Å². The fourth-order valence-electron chi connectivity index (χ4n) is 2.15. The van der Waals surface area contributed by atoms with Crippen molar-refractivity contribution in [3.8, 4) is 0 Å². The summed E-state index contributed by atoms with van der Waals surface area (Å²) in [6, 6.07) is 8.81. The van der Waals surface area contributed by atoms with Gasteiger partial charge >= 0.3 is 5.97 Å². The predicted octanol–water partition coefficient (Wildman–Crippen LogP) is 2.70. The Morgan fingerprint density at radius 1 is 1.17 bits per heavy atom. The summed E-state index contributed by atoms with van der Waals surface area (Å²) in [5.41, 5.74) is -0.324. The first-order valence-electron chi connectivity index (χ1n) is 8.12. The minimum Gasteiger partial charge on any atom is -0.455 e. The number of hydrogen-bond acceptors (Lipinski definition) is 7. The first-order valence-corrected chi connectivity index (χ1v) is 10.3. The lowest BCUT2D eigenvalue weighted by Gasteiger charge is -2.16. The van der Waals surface area contributed by atoms with Gasteiger partial charge in [0.2, 0.25) is 10.0 Å². The van der Waals surface area contributed by atoms with Crippen molar-refractivity contribution in [2.24, 2.45) is 0 Å². The van der Waals surface area contributed by atoms with E-state index in [1.807, 2.05) is 0 Å². The van der Waals surface area contributed by atoms with E-state index in [1.165, 1.54) is 37.4 Å². The zero-order valence-corrected chi connectivity index (χ0v) is 17.7. The fraction of sp³-hybridized carbons (Fsp3) is 0.176. The van der Waals surface area contributed by atoms with Crippen molar-refractivity contribution in [2.75, 3.05) is 25.5 Å². The Bertz CT molecular complexity index is 1080. The molecule has 0 aromatic heterocycles. The average molecular weight is 476 g/mol. The van der Waals surface area contributed by atoms with Gasteiger partial charge in [-0.15, -0.1) is 0 Å². The van der Waals surface area contributed by atoms with Crippen LogP contribution in [0.1, 0.15) is 0 Å². The Kier molecular flexibility index (Phi) is 7.73. The van der Waals surface area contributed by atoms with Crippen molar-refractivity contribution in [3.05, 3.63) is 62.6 Å². The summed E-state index contributed by atoms with van der Waals surface area (Å²) in [5, 5.41) is 13.5. The van der Waals surface area contributed by atoms with E-state index >= 15 is 0 Å². The third-order valence-electron chi connectivity index (χ3n) is 3.67. The summed E-state index contributed by atoms with van der Waals surface area (Å²) in [6.07, 6.45) is 0. The Morgan fingerprint density at radius 3 is 2.40 bits per heavy atom. The number of nitro groups is 1. The largest absolute Gasteiger partial charge is 0.455 e. The van der Waals surface area contributed by atoms with E-state index in [0.29, 0.717) is 5.02 Å². The maximum absolute atomic E-state index is 12.4. The van der Waals surface area contributed by atoms with Crippen LogP contribution in [-0.4, -0.2) is 49.7 Å². The molecule has 1 amide bonds. The van der Waals surface area contributed by atoms with Crippen molar-refractivity contribution in [1.82, 2.24) is 4.31 Å². The average Bonchev–Trinajstić information content (AvgIpc) is 2.68. The van der Waals surface area contributed by atoms with Crippen LogP contribution in [0, 0.1) is 10.1 Å². The highest BCUT2D eigenvalue weighted by Gasteiger charge is 2.24. The number of hydrogen-bond donors (Lipinski definition) is 1. The van der Waals surface area contributed by atoms with Gasteiger partial charge in [0.05, 0.1) is 20.5 Å². The third-order valence-corrected chi connectivity index (χ3v) is 6.07. The highest BCUT2D eigenvalue weighted by Crippen LogP contribution is 2.26. The van der Waals surface area contributed by atoms with Crippen molar-refractivity contribution < 1.29 is 27.7 Å². The molecule has 13 heteroatoms. The fourth-order valence-corrected chi connectivity index (χ4v) is 3.56. The van der Waals surface area contributed by atoms with E-state index in [9.17, 15) is 28.1 Å². The summed E-state index contributed by atoms with van der Waals surface area (Å²) in [6.45, 7) is -1.39. The van der Waals surface area contributed by atoms with Crippen LogP contribution in [0.25, 0.3) is 0 Å². The number of benzene rings is 2. The van der Waals surface area contributed by atoms with Gasteiger partial charge in [-0.1, -0.05) is 23.2 Å². The number of non-ortho nitro benzene ring substituents is 1. The van der Waals surface area contributed by atoms with Gasteiger partial charge in [0, 0.05) is 24.2 Å². The molecule has 0 radical (unpaired) electrons. The number of sulfonamides is 1. The minimum absolute atomic E-state index is 0.0330. The molecule has 0 aliphatic rings. The van der Waals surface area contributed by atoms with E-state index in [2.05, 4.69) is 5.32 Å². The number of amides is 1. The van der Waals surface area contributed by atoms with Gasteiger partial charge in [0.25, 0.3) is 11.6 Å². The molecule has 0 saturated carbocycles. The van der Waals surface area contributed by atoms with Crippen LogP contribution in [0.2, 0.25) is 10.0 Å². The number of rotatable bonds is 8. The van der Waals surface area contributed by atoms with Crippen LogP contribution in [0.15, 0.2) is 47.4 Å². The molecule has 0 aliphatic carbocycles. The standard InChI is InChI=1S/C17H15Cl2N3O7S/c1-21(30(27,28)13-5-2-11(18)3-6-13)9-17(24)29-10-16(23)20-15-8-12(22(25)26)4-7-14(15)19/h2-8H,9-10H2,1H3,(H,20,23).